The number of guanidine groups is 1. The van der Waals surface area contributed by atoms with Crippen molar-refractivity contribution in [1.29, 1.82) is 0 Å². The highest BCUT2D eigenvalue weighted by Crippen LogP contribution is 2.26. The molecule has 0 bridgehead atoms. The van der Waals surface area contributed by atoms with Gasteiger partial charge in [-0.2, -0.15) is 20.5 Å². The highest BCUT2D eigenvalue weighted by molar-refractivity contribution is 14.0. The Labute approximate surface area is 175 Å². The van der Waals surface area contributed by atoms with Crippen LogP contribution in [0.1, 0.15) is 26.3 Å². The quantitative estimate of drug-likeness (QED) is 0.302. The van der Waals surface area contributed by atoms with Gasteiger partial charge < -0.3 is 20.1 Å². The van der Waals surface area contributed by atoms with Crippen molar-refractivity contribution in [3.8, 4) is 11.5 Å². The van der Waals surface area contributed by atoms with E-state index >= 15 is 0 Å². The number of hydrogen-bond acceptors (Lipinski definition) is 4. The molecular formula is C17H28F2IN3O2S. The molecule has 1 rings (SSSR count). The fourth-order valence-electron chi connectivity index (χ4n) is 1.89. The summed E-state index contributed by atoms with van der Waals surface area (Å²) in [6, 6.07) is 4.69. The lowest BCUT2D eigenvalue weighted by Crippen LogP contribution is -2.43. The van der Waals surface area contributed by atoms with Crippen LogP contribution < -0.4 is 20.1 Å². The zero-order valence-corrected chi connectivity index (χ0v) is 18.9. The van der Waals surface area contributed by atoms with Gasteiger partial charge in [-0.1, -0.05) is 0 Å². The maximum Gasteiger partial charge on any atom is 0.387 e. The number of thioether (sulfide) groups is 1. The Bertz CT molecular complexity index is 575. The average Bonchev–Trinajstić information content (AvgIpc) is 2.58. The molecule has 150 valence electrons. The molecule has 9 heteroatoms. The number of rotatable bonds is 9. The molecule has 0 unspecified atom stereocenters. The van der Waals surface area contributed by atoms with Crippen LogP contribution in [0, 0.1) is 0 Å². The van der Waals surface area contributed by atoms with Crippen LogP contribution in [0.3, 0.4) is 0 Å². The zero-order chi connectivity index (χ0) is 18.9. The van der Waals surface area contributed by atoms with E-state index in [1.165, 1.54) is 13.2 Å². The Morgan fingerprint density at radius 1 is 1.31 bits per heavy atom. The second kappa shape index (κ2) is 12.4. The lowest BCUT2D eigenvalue weighted by Gasteiger charge is -2.23. The van der Waals surface area contributed by atoms with Crippen LogP contribution in [-0.2, 0) is 6.54 Å². The minimum atomic E-state index is -2.88. The summed E-state index contributed by atoms with van der Waals surface area (Å²) in [7, 11) is 1.52. The summed E-state index contributed by atoms with van der Waals surface area (Å²) in [4.78, 5) is 4.47. The van der Waals surface area contributed by atoms with Gasteiger partial charge in [0.25, 0.3) is 0 Å². The highest BCUT2D eigenvalue weighted by atomic mass is 127. The van der Waals surface area contributed by atoms with Gasteiger partial charge in [-0.15, -0.1) is 24.0 Å². The van der Waals surface area contributed by atoms with E-state index in [1.807, 2.05) is 6.92 Å². The monoisotopic (exact) mass is 503 g/mol. The zero-order valence-electron chi connectivity index (χ0n) is 15.8. The Morgan fingerprint density at radius 2 is 2.00 bits per heavy atom. The van der Waals surface area contributed by atoms with Crippen molar-refractivity contribution in [1.82, 2.24) is 10.6 Å². The third-order valence-corrected chi connectivity index (χ3v) is 4.72. The van der Waals surface area contributed by atoms with Gasteiger partial charge in [0.15, 0.2) is 5.96 Å². The fraction of sp³-hybridized carbons (Fsp3) is 0.588. The molecule has 1 aromatic carbocycles. The first-order chi connectivity index (χ1) is 11.8. The van der Waals surface area contributed by atoms with Crippen molar-refractivity contribution < 1.29 is 18.3 Å². The van der Waals surface area contributed by atoms with Crippen molar-refractivity contribution in [3.05, 3.63) is 23.8 Å². The molecule has 1 aromatic rings. The molecule has 0 aliphatic rings. The van der Waals surface area contributed by atoms with Crippen LogP contribution in [0.4, 0.5) is 8.78 Å². The van der Waals surface area contributed by atoms with E-state index in [4.69, 9.17) is 4.74 Å². The van der Waals surface area contributed by atoms with Crippen molar-refractivity contribution in [2.75, 3.05) is 26.5 Å². The number of alkyl halides is 2. The molecular weight excluding hydrogens is 475 g/mol. The third kappa shape index (κ3) is 9.11. The maximum absolute atomic E-state index is 12.6. The number of methoxy groups -OCH3 is 1. The van der Waals surface area contributed by atoms with Crippen LogP contribution in [-0.4, -0.2) is 43.8 Å². The van der Waals surface area contributed by atoms with Gasteiger partial charge in [0.05, 0.1) is 13.7 Å². The number of hydrogen-bond donors (Lipinski definition) is 2. The average molecular weight is 503 g/mol. The summed E-state index contributed by atoms with van der Waals surface area (Å²) in [6.45, 7) is 4.95. The summed E-state index contributed by atoms with van der Waals surface area (Å²) in [6.07, 6.45) is 2.05. The van der Waals surface area contributed by atoms with Crippen LogP contribution in [0.25, 0.3) is 0 Å². The Balaban J connectivity index is 0.00000625. The number of nitrogens with one attached hydrogen (secondary N) is 2. The van der Waals surface area contributed by atoms with Crippen molar-refractivity contribution in [3.63, 3.8) is 0 Å². The molecule has 0 aromatic heterocycles. The molecule has 0 radical (unpaired) electrons. The van der Waals surface area contributed by atoms with Gasteiger partial charge >= 0.3 is 6.61 Å². The SMILES string of the molecule is CCNC(=NCc1cc(OC)ccc1OC(F)F)NCC(C)(C)SC.I. The summed E-state index contributed by atoms with van der Waals surface area (Å²) >= 11 is 1.75. The number of halogens is 3. The van der Waals surface area contributed by atoms with Crippen LogP contribution in [0.5, 0.6) is 11.5 Å². The second-order valence-electron chi connectivity index (χ2n) is 5.86. The van der Waals surface area contributed by atoms with Crippen molar-refractivity contribution in [2.24, 2.45) is 4.99 Å². The van der Waals surface area contributed by atoms with Gasteiger partial charge in [-0.05, 0) is 45.2 Å². The first-order valence-electron chi connectivity index (χ1n) is 8.00. The normalized spacial score (nSPS) is 11.8. The van der Waals surface area contributed by atoms with Gasteiger partial charge in [0.1, 0.15) is 11.5 Å². The number of benzene rings is 1. The van der Waals surface area contributed by atoms with Gasteiger partial charge in [-0.25, -0.2) is 4.99 Å². The summed E-state index contributed by atoms with van der Waals surface area (Å²) in [5.74, 6) is 1.28. The molecule has 26 heavy (non-hydrogen) atoms. The van der Waals surface area contributed by atoms with Crippen molar-refractivity contribution >= 4 is 41.7 Å². The smallest absolute Gasteiger partial charge is 0.387 e. The van der Waals surface area contributed by atoms with E-state index in [1.54, 1.807) is 23.9 Å². The van der Waals surface area contributed by atoms with Gasteiger partial charge in [0.2, 0.25) is 0 Å². The molecule has 0 amide bonds. The van der Waals surface area contributed by atoms with Crippen LogP contribution in [0.2, 0.25) is 0 Å². The molecule has 0 heterocycles. The summed E-state index contributed by atoms with van der Waals surface area (Å²) < 4.78 is 34.9. The fourth-order valence-corrected chi connectivity index (χ4v) is 2.11. The van der Waals surface area contributed by atoms with E-state index in [9.17, 15) is 8.78 Å². The molecule has 0 spiro atoms. The topological polar surface area (TPSA) is 54.9 Å². The molecule has 0 saturated carbocycles. The number of nitrogens with zero attached hydrogens (tertiary/aromatic N) is 1. The standard InChI is InChI=1S/C17H27F2N3O2S.HI/c1-6-20-16(22-11-17(2,3)25-5)21-10-12-9-13(23-4)7-8-14(12)24-15(18)19;/h7-9,15H,6,10-11H2,1-5H3,(H2,20,21,22);1H. The van der Waals surface area contributed by atoms with E-state index in [0.717, 1.165) is 6.54 Å². The van der Waals surface area contributed by atoms with Crippen LogP contribution >= 0.6 is 35.7 Å². The van der Waals surface area contributed by atoms with Crippen molar-refractivity contribution in [2.45, 2.75) is 38.7 Å². The lowest BCUT2D eigenvalue weighted by molar-refractivity contribution is -0.0504. The Morgan fingerprint density at radius 3 is 2.54 bits per heavy atom. The van der Waals surface area contributed by atoms with E-state index in [2.05, 4.69) is 40.5 Å². The lowest BCUT2D eigenvalue weighted by atomic mass is 10.2. The number of aliphatic imine (C=N–C) groups is 1. The summed E-state index contributed by atoms with van der Waals surface area (Å²) in [5.41, 5.74) is 0.529. The predicted molar refractivity (Wildman–Crippen MR) is 115 cm³/mol. The number of ether oxygens (including phenoxy) is 2. The minimum Gasteiger partial charge on any atom is -0.497 e. The molecule has 0 fully saturated rings. The molecule has 0 aliphatic carbocycles. The molecule has 0 aliphatic heterocycles. The molecule has 2 N–H and O–H groups in total. The largest absolute Gasteiger partial charge is 0.497 e. The van der Waals surface area contributed by atoms with E-state index in [-0.39, 0.29) is 41.0 Å². The van der Waals surface area contributed by atoms with Gasteiger partial charge in [0, 0.05) is 23.4 Å². The van der Waals surface area contributed by atoms with E-state index < -0.39 is 6.61 Å². The first kappa shape index (κ1) is 25.0. The highest BCUT2D eigenvalue weighted by Gasteiger charge is 2.16. The minimum absolute atomic E-state index is 0. The third-order valence-electron chi connectivity index (χ3n) is 3.47. The molecule has 0 atom stereocenters. The summed E-state index contributed by atoms with van der Waals surface area (Å²) in [5, 5.41) is 6.42. The molecule has 0 saturated heterocycles. The second-order valence-corrected chi connectivity index (χ2v) is 7.38. The molecule has 5 nitrogen and oxygen atoms in total. The van der Waals surface area contributed by atoms with Gasteiger partial charge in [-0.3, -0.25) is 0 Å². The van der Waals surface area contributed by atoms with Crippen LogP contribution in [0.15, 0.2) is 23.2 Å². The first-order valence-corrected chi connectivity index (χ1v) is 9.22. The Hall–Kier alpha value is -0.970. The van der Waals surface area contributed by atoms with E-state index in [0.29, 0.717) is 23.8 Å². The Kier molecular flexibility index (Phi) is 12.0. The maximum atomic E-state index is 12.6. The predicted octanol–water partition coefficient (Wildman–Crippen LogP) is 4.11.